The molecular formula is C19H25N3O4S. The van der Waals surface area contributed by atoms with Crippen LogP contribution in [0.2, 0.25) is 0 Å². The van der Waals surface area contributed by atoms with Gasteiger partial charge in [-0.15, -0.1) is 0 Å². The van der Waals surface area contributed by atoms with Gasteiger partial charge in [-0.05, 0) is 37.8 Å². The number of methoxy groups -OCH3 is 2. The van der Waals surface area contributed by atoms with E-state index >= 15 is 0 Å². The maximum absolute atomic E-state index is 12.0. The van der Waals surface area contributed by atoms with E-state index in [2.05, 4.69) is 29.0 Å². The monoisotopic (exact) mass is 391 g/mol. The molecule has 1 N–H and O–H groups in total. The van der Waals surface area contributed by atoms with Crippen molar-refractivity contribution in [2.75, 3.05) is 45.3 Å². The topological polar surface area (TPSA) is 71.1 Å². The lowest BCUT2D eigenvalue weighted by Crippen LogP contribution is -2.49. The van der Waals surface area contributed by atoms with Gasteiger partial charge in [-0.2, -0.15) is 0 Å². The number of nitrogens with one attached hydrogen (secondary N) is 1. The molecule has 27 heavy (non-hydrogen) atoms. The van der Waals surface area contributed by atoms with Crippen molar-refractivity contribution >= 4 is 34.7 Å². The third-order valence-corrected chi connectivity index (χ3v) is 5.66. The van der Waals surface area contributed by atoms with Crippen LogP contribution < -0.4 is 19.7 Å². The van der Waals surface area contributed by atoms with Gasteiger partial charge >= 0.3 is 0 Å². The van der Waals surface area contributed by atoms with Crippen molar-refractivity contribution in [3.05, 3.63) is 22.6 Å². The Labute approximate surface area is 163 Å². The SMILES string of the molecule is COc1cc(C=C2SC(=O)NC2=O)c(N2CCN(C(C)C)CC2)cc1OC. The Hall–Kier alpha value is -2.19. The van der Waals surface area contributed by atoms with Crippen molar-refractivity contribution < 1.29 is 19.1 Å². The van der Waals surface area contributed by atoms with E-state index in [1.165, 1.54) is 0 Å². The van der Waals surface area contributed by atoms with E-state index in [0.29, 0.717) is 22.4 Å². The number of ether oxygens (including phenoxy) is 2. The van der Waals surface area contributed by atoms with Crippen molar-refractivity contribution in [2.24, 2.45) is 0 Å². The minimum atomic E-state index is -0.365. The number of hydrogen-bond donors (Lipinski definition) is 1. The number of carbonyl (C=O) groups is 2. The number of piperazine rings is 1. The summed E-state index contributed by atoms with van der Waals surface area (Å²) in [6.07, 6.45) is 1.75. The molecule has 2 heterocycles. The first-order valence-electron chi connectivity index (χ1n) is 8.92. The fourth-order valence-electron chi connectivity index (χ4n) is 3.31. The van der Waals surface area contributed by atoms with E-state index in [9.17, 15) is 9.59 Å². The second-order valence-corrected chi connectivity index (χ2v) is 7.75. The summed E-state index contributed by atoms with van der Waals surface area (Å²) in [4.78, 5) is 28.6. The molecule has 0 unspecified atom stereocenters. The van der Waals surface area contributed by atoms with Crippen LogP contribution in [-0.4, -0.2) is 62.5 Å². The number of thioether (sulfide) groups is 1. The van der Waals surface area contributed by atoms with Gasteiger partial charge in [0.05, 0.1) is 19.1 Å². The molecule has 0 radical (unpaired) electrons. The largest absolute Gasteiger partial charge is 0.493 e. The van der Waals surface area contributed by atoms with Gasteiger partial charge in [-0.25, -0.2) is 0 Å². The van der Waals surface area contributed by atoms with Crippen LogP contribution in [0.4, 0.5) is 10.5 Å². The molecule has 2 fully saturated rings. The first-order valence-corrected chi connectivity index (χ1v) is 9.74. The molecule has 0 spiro atoms. The van der Waals surface area contributed by atoms with Crippen molar-refractivity contribution in [2.45, 2.75) is 19.9 Å². The van der Waals surface area contributed by atoms with Crippen LogP contribution >= 0.6 is 11.8 Å². The van der Waals surface area contributed by atoms with Gasteiger partial charge in [0.2, 0.25) is 0 Å². The molecule has 1 aromatic carbocycles. The van der Waals surface area contributed by atoms with Crippen LogP contribution in [-0.2, 0) is 4.79 Å². The number of hydrogen-bond acceptors (Lipinski definition) is 7. The van der Waals surface area contributed by atoms with Gasteiger partial charge in [0.15, 0.2) is 11.5 Å². The van der Waals surface area contributed by atoms with E-state index in [-0.39, 0.29) is 11.1 Å². The van der Waals surface area contributed by atoms with Crippen molar-refractivity contribution in [1.82, 2.24) is 10.2 Å². The molecule has 2 aliphatic rings. The molecule has 0 aliphatic carbocycles. The molecule has 1 aromatic rings. The Morgan fingerprint density at radius 2 is 1.70 bits per heavy atom. The lowest BCUT2D eigenvalue weighted by molar-refractivity contribution is -0.115. The maximum atomic E-state index is 12.0. The number of anilines is 1. The van der Waals surface area contributed by atoms with E-state index in [1.54, 1.807) is 20.3 Å². The van der Waals surface area contributed by atoms with Crippen molar-refractivity contribution in [3.8, 4) is 11.5 Å². The van der Waals surface area contributed by atoms with Crippen molar-refractivity contribution in [1.29, 1.82) is 0 Å². The summed E-state index contributed by atoms with van der Waals surface area (Å²) in [5.74, 6) is 0.861. The van der Waals surface area contributed by atoms with Crippen LogP contribution in [0.25, 0.3) is 6.08 Å². The number of nitrogens with zero attached hydrogens (tertiary/aromatic N) is 2. The molecule has 146 valence electrons. The van der Waals surface area contributed by atoms with Gasteiger partial charge < -0.3 is 14.4 Å². The molecule has 2 aliphatic heterocycles. The molecule has 7 nitrogen and oxygen atoms in total. The van der Waals surface area contributed by atoms with Crippen LogP contribution in [0.1, 0.15) is 19.4 Å². The molecule has 2 saturated heterocycles. The number of rotatable bonds is 5. The molecule has 0 aromatic heterocycles. The van der Waals surface area contributed by atoms with Crippen LogP contribution in [0.3, 0.4) is 0 Å². The average molecular weight is 391 g/mol. The van der Waals surface area contributed by atoms with E-state index in [4.69, 9.17) is 9.47 Å². The lowest BCUT2D eigenvalue weighted by Gasteiger charge is -2.38. The van der Waals surface area contributed by atoms with E-state index in [0.717, 1.165) is 49.2 Å². The minimum absolute atomic E-state index is 0.348. The van der Waals surface area contributed by atoms with Crippen LogP contribution in [0.15, 0.2) is 17.0 Å². The predicted octanol–water partition coefficient (Wildman–Crippen LogP) is 2.56. The Bertz CT molecular complexity index is 770. The average Bonchev–Trinajstić information content (AvgIpc) is 2.98. The van der Waals surface area contributed by atoms with Crippen molar-refractivity contribution in [3.63, 3.8) is 0 Å². The zero-order chi connectivity index (χ0) is 19.6. The summed E-state index contributed by atoms with van der Waals surface area (Å²) in [6, 6.07) is 4.31. The Balaban J connectivity index is 1.97. The van der Waals surface area contributed by atoms with Gasteiger partial charge in [0.25, 0.3) is 11.1 Å². The normalized spacial score (nSPS) is 19.7. The molecule has 2 amide bonds. The van der Waals surface area contributed by atoms with Gasteiger partial charge in [-0.1, -0.05) is 0 Å². The lowest BCUT2D eigenvalue weighted by atomic mass is 10.1. The fraction of sp³-hybridized carbons (Fsp3) is 0.474. The number of amides is 2. The Morgan fingerprint density at radius 1 is 1.07 bits per heavy atom. The summed E-state index contributed by atoms with van der Waals surface area (Å²) >= 11 is 0.914. The first kappa shape index (κ1) is 19.6. The van der Waals surface area contributed by atoms with E-state index in [1.807, 2.05) is 12.1 Å². The summed E-state index contributed by atoms with van der Waals surface area (Å²) < 4.78 is 10.9. The highest BCUT2D eigenvalue weighted by Crippen LogP contribution is 2.38. The van der Waals surface area contributed by atoms with Crippen LogP contribution in [0.5, 0.6) is 11.5 Å². The van der Waals surface area contributed by atoms with E-state index < -0.39 is 0 Å². The molecular weight excluding hydrogens is 366 g/mol. The molecule has 0 saturated carbocycles. The summed E-state index contributed by atoms with van der Waals surface area (Å²) in [6.45, 7) is 8.10. The Morgan fingerprint density at radius 3 is 2.22 bits per heavy atom. The quantitative estimate of drug-likeness (QED) is 0.774. The number of carbonyl (C=O) groups excluding carboxylic acids is 2. The highest BCUT2D eigenvalue weighted by molar-refractivity contribution is 8.18. The summed E-state index contributed by atoms with van der Waals surface area (Å²) in [7, 11) is 3.19. The Kier molecular flexibility index (Phi) is 5.96. The summed E-state index contributed by atoms with van der Waals surface area (Å²) in [5, 5.41) is 1.95. The van der Waals surface area contributed by atoms with Gasteiger partial charge in [-0.3, -0.25) is 19.8 Å². The standard InChI is InChI=1S/C19H25N3O4S/c1-12(2)21-5-7-22(8-6-21)14-11-16(26-4)15(25-3)9-13(14)10-17-18(23)20-19(24)27-17/h9-12H,5-8H2,1-4H3,(H,20,23,24). The number of benzene rings is 1. The molecule has 0 bridgehead atoms. The highest BCUT2D eigenvalue weighted by Gasteiger charge is 2.27. The second-order valence-electron chi connectivity index (χ2n) is 6.74. The maximum Gasteiger partial charge on any atom is 0.290 e. The molecule has 0 atom stereocenters. The fourth-order valence-corrected chi connectivity index (χ4v) is 3.99. The zero-order valence-electron chi connectivity index (χ0n) is 16.1. The summed E-state index contributed by atoms with van der Waals surface area (Å²) in [5.41, 5.74) is 1.80. The van der Waals surface area contributed by atoms with Gasteiger partial charge in [0.1, 0.15) is 0 Å². The minimum Gasteiger partial charge on any atom is -0.493 e. The number of imide groups is 1. The molecule has 3 rings (SSSR count). The second kappa shape index (κ2) is 8.22. The first-order chi connectivity index (χ1) is 12.9. The third kappa shape index (κ3) is 4.22. The van der Waals surface area contributed by atoms with Gasteiger partial charge in [0, 0.05) is 49.5 Å². The molecule has 8 heteroatoms. The third-order valence-electron chi connectivity index (χ3n) is 4.85. The zero-order valence-corrected chi connectivity index (χ0v) is 16.9. The van der Waals surface area contributed by atoms with Crippen LogP contribution in [0, 0.1) is 0 Å². The predicted molar refractivity (Wildman–Crippen MR) is 108 cm³/mol. The highest BCUT2D eigenvalue weighted by atomic mass is 32.2. The smallest absolute Gasteiger partial charge is 0.290 e.